The molecule has 1 unspecified atom stereocenters. The highest BCUT2D eigenvalue weighted by molar-refractivity contribution is 9.10. The molecule has 0 saturated heterocycles. The molecule has 0 heterocycles. The predicted molar refractivity (Wildman–Crippen MR) is 80.7 cm³/mol. The third kappa shape index (κ3) is 5.09. The molecule has 1 atom stereocenters. The van der Waals surface area contributed by atoms with Gasteiger partial charge < -0.3 is 10.0 Å². The molecule has 0 aliphatic carbocycles. The van der Waals surface area contributed by atoms with Crippen LogP contribution in [0.15, 0.2) is 28.7 Å². The maximum atomic E-state index is 10.2. The van der Waals surface area contributed by atoms with Crippen molar-refractivity contribution >= 4 is 15.9 Å². The summed E-state index contributed by atoms with van der Waals surface area (Å²) in [5.74, 6) is 0. The Kier molecular flexibility index (Phi) is 6.90. The Balaban J connectivity index is 2.51. The summed E-state index contributed by atoms with van der Waals surface area (Å²) in [6.07, 6.45) is 1.57. The first kappa shape index (κ1) is 15.7. The predicted octanol–water partition coefficient (Wildman–Crippen LogP) is 3.99. The lowest BCUT2D eigenvalue weighted by molar-refractivity contribution is 0.130. The zero-order valence-electron chi connectivity index (χ0n) is 11.6. The van der Waals surface area contributed by atoms with Crippen LogP contribution in [0, 0.1) is 0 Å². The molecule has 1 aromatic rings. The van der Waals surface area contributed by atoms with Crippen molar-refractivity contribution in [2.24, 2.45) is 0 Å². The molecular weight excluding hydrogens is 290 g/mol. The maximum Gasteiger partial charge on any atom is 0.0802 e. The van der Waals surface area contributed by atoms with Gasteiger partial charge in [0.2, 0.25) is 0 Å². The van der Waals surface area contributed by atoms with E-state index in [1.165, 1.54) is 0 Å². The summed E-state index contributed by atoms with van der Waals surface area (Å²) in [6.45, 7) is 8.66. The monoisotopic (exact) mass is 313 g/mol. The number of aliphatic hydroxyl groups is 1. The molecular formula is C15H24BrNO. The summed E-state index contributed by atoms with van der Waals surface area (Å²) < 4.78 is 1.02. The van der Waals surface area contributed by atoms with Crippen LogP contribution in [0.25, 0.3) is 0 Å². The van der Waals surface area contributed by atoms with E-state index in [1.807, 2.05) is 24.3 Å². The van der Waals surface area contributed by atoms with Crippen molar-refractivity contribution in [2.45, 2.75) is 45.8 Å². The molecule has 102 valence electrons. The SMILES string of the molecule is CCCN(CCC(O)c1cccc(Br)c1)C(C)C. The highest BCUT2D eigenvalue weighted by atomic mass is 79.9. The van der Waals surface area contributed by atoms with E-state index in [2.05, 4.69) is 41.6 Å². The fourth-order valence-corrected chi connectivity index (χ4v) is 2.50. The minimum absolute atomic E-state index is 0.374. The third-order valence-corrected chi connectivity index (χ3v) is 3.66. The van der Waals surface area contributed by atoms with E-state index >= 15 is 0 Å². The van der Waals surface area contributed by atoms with Gasteiger partial charge in [-0.2, -0.15) is 0 Å². The van der Waals surface area contributed by atoms with Gasteiger partial charge in [0.1, 0.15) is 0 Å². The van der Waals surface area contributed by atoms with E-state index in [4.69, 9.17) is 0 Å². The van der Waals surface area contributed by atoms with Crippen LogP contribution in [0.2, 0.25) is 0 Å². The van der Waals surface area contributed by atoms with Gasteiger partial charge in [-0.1, -0.05) is 35.0 Å². The van der Waals surface area contributed by atoms with E-state index in [0.29, 0.717) is 6.04 Å². The molecule has 0 spiro atoms. The number of rotatable bonds is 7. The first-order chi connectivity index (χ1) is 8.54. The van der Waals surface area contributed by atoms with Crippen molar-refractivity contribution < 1.29 is 5.11 Å². The van der Waals surface area contributed by atoms with Crippen LogP contribution < -0.4 is 0 Å². The van der Waals surface area contributed by atoms with Gasteiger partial charge in [0.05, 0.1) is 6.10 Å². The summed E-state index contributed by atoms with van der Waals surface area (Å²) in [4.78, 5) is 2.42. The van der Waals surface area contributed by atoms with Gasteiger partial charge in [-0.05, 0) is 50.9 Å². The van der Waals surface area contributed by atoms with Crippen molar-refractivity contribution in [2.75, 3.05) is 13.1 Å². The van der Waals surface area contributed by atoms with E-state index in [0.717, 1.165) is 36.0 Å². The molecule has 0 fully saturated rings. The molecule has 0 amide bonds. The third-order valence-electron chi connectivity index (χ3n) is 3.16. The van der Waals surface area contributed by atoms with Gasteiger partial charge in [0, 0.05) is 17.1 Å². The summed E-state index contributed by atoms with van der Waals surface area (Å²) in [5.41, 5.74) is 0.990. The molecule has 3 heteroatoms. The fourth-order valence-electron chi connectivity index (χ4n) is 2.08. The smallest absolute Gasteiger partial charge is 0.0802 e. The highest BCUT2D eigenvalue weighted by Gasteiger charge is 2.12. The number of hydrogen-bond donors (Lipinski definition) is 1. The summed E-state index contributed by atoms with van der Waals surface area (Å²) in [5, 5.41) is 10.2. The molecule has 0 aliphatic heterocycles. The number of benzene rings is 1. The van der Waals surface area contributed by atoms with Crippen LogP contribution in [0.5, 0.6) is 0 Å². The molecule has 18 heavy (non-hydrogen) atoms. The lowest BCUT2D eigenvalue weighted by Gasteiger charge is -2.27. The summed E-state index contributed by atoms with van der Waals surface area (Å²) >= 11 is 3.44. The maximum absolute atomic E-state index is 10.2. The molecule has 2 nitrogen and oxygen atoms in total. The second-order valence-electron chi connectivity index (χ2n) is 4.99. The molecule has 1 aromatic carbocycles. The van der Waals surface area contributed by atoms with E-state index in [1.54, 1.807) is 0 Å². The largest absolute Gasteiger partial charge is 0.388 e. The molecule has 0 radical (unpaired) electrons. The van der Waals surface area contributed by atoms with Crippen molar-refractivity contribution in [3.63, 3.8) is 0 Å². The van der Waals surface area contributed by atoms with Gasteiger partial charge in [-0.15, -0.1) is 0 Å². The van der Waals surface area contributed by atoms with E-state index in [9.17, 15) is 5.11 Å². The Hall–Kier alpha value is -0.380. The average Bonchev–Trinajstić information content (AvgIpc) is 2.33. The summed E-state index contributed by atoms with van der Waals surface area (Å²) in [7, 11) is 0. The Morgan fingerprint density at radius 1 is 1.28 bits per heavy atom. The van der Waals surface area contributed by atoms with Gasteiger partial charge >= 0.3 is 0 Å². The highest BCUT2D eigenvalue weighted by Crippen LogP contribution is 2.21. The minimum atomic E-state index is -0.374. The first-order valence-electron chi connectivity index (χ1n) is 6.72. The standard InChI is InChI=1S/C15H24BrNO/c1-4-9-17(12(2)3)10-8-15(18)13-6-5-7-14(16)11-13/h5-7,11-12,15,18H,4,8-10H2,1-3H3. The lowest BCUT2D eigenvalue weighted by atomic mass is 10.1. The number of aliphatic hydroxyl groups excluding tert-OH is 1. The summed E-state index contributed by atoms with van der Waals surface area (Å²) in [6, 6.07) is 8.46. The van der Waals surface area contributed by atoms with Crippen LogP contribution >= 0.6 is 15.9 Å². The molecule has 0 aromatic heterocycles. The first-order valence-corrected chi connectivity index (χ1v) is 7.51. The van der Waals surface area contributed by atoms with Gasteiger partial charge in [0.15, 0.2) is 0 Å². The topological polar surface area (TPSA) is 23.5 Å². The second kappa shape index (κ2) is 7.93. The fraction of sp³-hybridized carbons (Fsp3) is 0.600. The van der Waals surface area contributed by atoms with Crippen LogP contribution in [-0.4, -0.2) is 29.1 Å². The van der Waals surface area contributed by atoms with E-state index < -0.39 is 0 Å². The number of hydrogen-bond acceptors (Lipinski definition) is 2. The van der Waals surface area contributed by atoms with Crippen molar-refractivity contribution in [3.05, 3.63) is 34.3 Å². The van der Waals surface area contributed by atoms with Crippen LogP contribution in [0.1, 0.15) is 45.3 Å². The normalized spacial score (nSPS) is 13.3. The van der Waals surface area contributed by atoms with Crippen LogP contribution in [0.4, 0.5) is 0 Å². The molecule has 1 N–H and O–H groups in total. The zero-order chi connectivity index (χ0) is 13.5. The lowest BCUT2D eigenvalue weighted by Crippen LogP contribution is -2.33. The Labute approximate surface area is 119 Å². The second-order valence-corrected chi connectivity index (χ2v) is 5.90. The number of nitrogens with zero attached hydrogens (tertiary/aromatic N) is 1. The minimum Gasteiger partial charge on any atom is -0.388 e. The molecule has 0 aliphatic rings. The van der Waals surface area contributed by atoms with Crippen molar-refractivity contribution in [3.8, 4) is 0 Å². The Morgan fingerprint density at radius 3 is 2.56 bits per heavy atom. The van der Waals surface area contributed by atoms with Gasteiger partial charge in [0.25, 0.3) is 0 Å². The molecule has 0 saturated carbocycles. The van der Waals surface area contributed by atoms with Gasteiger partial charge in [-0.3, -0.25) is 0 Å². The van der Waals surface area contributed by atoms with E-state index in [-0.39, 0.29) is 6.10 Å². The quantitative estimate of drug-likeness (QED) is 0.822. The molecule has 1 rings (SSSR count). The molecule has 0 bridgehead atoms. The Morgan fingerprint density at radius 2 is 2.00 bits per heavy atom. The zero-order valence-corrected chi connectivity index (χ0v) is 13.2. The van der Waals surface area contributed by atoms with Crippen molar-refractivity contribution in [1.82, 2.24) is 4.90 Å². The van der Waals surface area contributed by atoms with Crippen molar-refractivity contribution in [1.29, 1.82) is 0 Å². The average molecular weight is 314 g/mol. The number of halogens is 1. The van der Waals surface area contributed by atoms with Crippen LogP contribution in [0.3, 0.4) is 0 Å². The Bertz CT molecular complexity index is 354. The van der Waals surface area contributed by atoms with Crippen LogP contribution in [-0.2, 0) is 0 Å². The van der Waals surface area contributed by atoms with Gasteiger partial charge in [-0.25, -0.2) is 0 Å².